The van der Waals surface area contributed by atoms with Crippen LogP contribution in [0.1, 0.15) is 51.3 Å². The molecule has 2 fully saturated rings. The zero-order valence-corrected chi connectivity index (χ0v) is 20.5. The number of phenolic OH excluding ortho intramolecular Hbond substituents is 1. The number of phenols is 1. The predicted molar refractivity (Wildman–Crippen MR) is 129 cm³/mol. The Morgan fingerprint density at radius 3 is 2.56 bits per heavy atom. The Hall–Kier alpha value is -2.29. The quantitative estimate of drug-likeness (QED) is 0.645. The fourth-order valence-corrected chi connectivity index (χ4v) is 4.32. The van der Waals surface area contributed by atoms with Crippen LogP contribution in [0, 0.1) is 0 Å². The lowest BCUT2D eigenvalue weighted by Gasteiger charge is -2.48. The number of para-hydroxylation sites is 1. The fourth-order valence-electron chi connectivity index (χ4n) is 4.32. The molecule has 0 amide bonds. The highest BCUT2D eigenvalue weighted by Gasteiger charge is 2.51. The average Bonchev–Trinajstić information content (AvgIpc) is 2.78. The van der Waals surface area contributed by atoms with E-state index >= 15 is 0 Å². The van der Waals surface area contributed by atoms with Crippen LogP contribution >= 0.6 is 0 Å². The Morgan fingerprint density at radius 1 is 1.12 bits per heavy atom. The summed E-state index contributed by atoms with van der Waals surface area (Å²) in [5.74, 6) is -0.662. The summed E-state index contributed by atoms with van der Waals surface area (Å²) >= 11 is 0. The van der Waals surface area contributed by atoms with Crippen molar-refractivity contribution in [3.63, 3.8) is 0 Å². The molecule has 2 aliphatic rings. The number of hydrogen-bond donors (Lipinski definition) is 2. The van der Waals surface area contributed by atoms with Gasteiger partial charge in [-0.25, -0.2) is 0 Å². The molecule has 0 saturated carbocycles. The minimum absolute atomic E-state index is 0.174. The molecule has 7 heteroatoms. The lowest BCUT2D eigenvalue weighted by atomic mass is 9.85. The van der Waals surface area contributed by atoms with E-state index in [1.54, 1.807) is 12.3 Å². The first-order valence-corrected chi connectivity index (χ1v) is 11.7. The van der Waals surface area contributed by atoms with Crippen molar-refractivity contribution in [2.45, 2.75) is 83.1 Å². The van der Waals surface area contributed by atoms with Gasteiger partial charge in [-0.2, -0.15) is 0 Å². The summed E-state index contributed by atoms with van der Waals surface area (Å²) in [6, 6.07) is 14.6. The molecular weight excluding hydrogens is 434 g/mol. The minimum atomic E-state index is -0.980. The van der Waals surface area contributed by atoms with E-state index in [0.29, 0.717) is 12.2 Å². The Morgan fingerprint density at radius 2 is 1.85 bits per heavy atom. The highest BCUT2D eigenvalue weighted by molar-refractivity contribution is 5.84. The van der Waals surface area contributed by atoms with Gasteiger partial charge in [0.1, 0.15) is 30.1 Å². The number of aromatic hydroxyl groups is 1. The van der Waals surface area contributed by atoms with Crippen molar-refractivity contribution in [1.82, 2.24) is 0 Å². The monoisotopic (exact) mass is 469 g/mol. The molecule has 2 saturated heterocycles. The highest BCUT2D eigenvalue weighted by Crippen LogP contribution is 2.35. The summed E-state index contributed by atoms with van der Waals surface area (Å²) in [6.45, 7) is 10.3. The van der Waals surface area contributed by atoms with E-state index < -0.39 is 36.4 Å². The van der Waals surface area contributed by atoms with Gasteiger partial charge in [0.2, 0.25) is 0 Å². The third kappa shape index (κ3) is 5.50. The molecule has 2 aliphatic heterocycles. The van der Waals surface area contributed by atoms with Gasteiger partial charge in [-0.1, -0.05) is 63.2 Å². The minimum Gasteiger partial charge on any atom is -0.507 e. The van der Waals surface area contributed by atoms with Crippen LogP contribution < -0.4 is 0 Å². The second-order valence-electron chi connectivity index (χ2n) is 10.4. The normalized spacial score (nSPS) is 29.2. The van der Waals surface area contributed by atoms with Gasteiger partial charge in [0.15, 0.2) is 12.1 Å². The fraction of sp³-hybridized carbons (Fsp3) is 0.519. The van der Waals surface area contributed by atoms with Crippen molar-refractivity contribution in [2.24, 2.45) is 4.99 Å². The van der Waals surface area contributed by atoms with E-state index in [0.717, 1.165) is 11.1 Å². The number of rotatable bonds is 5. The number of ether oxygens (including phenoxy) is 4. The Labute approximate surface area is 201 Å². The van der Waals surface area contributed by atoms with Crippen LogP contribution in [-0.4, -0.2) is 59.5 Å². The van der Waals surface area contributed by atoms with Crippen LogP contribution in [0.3, 0.4) is 0 Å². The van der Waals surface area contributed by atoms with E-state index in [-0.39, 0.29) is 17.8 Å². The molecule has 0 unspecified atom stereocenters. The largest absolute Gasteiger partial charge is 0.507 e. The van der Waals surface area contributed by atoms with Crippen LogP contribution in [0.25, 0.3) is 0 Å². The number of fused-ring (bicyclic) bond motifs is 1. The van der Waals surface area contributed by atoms with Crippen LogP contribution in [0.4, 0.5) is 0 Å². The number of aliphatic imine (C=N–C) groups is 1. The third-order valence-electron chi connectivity index (χ3n) is 6.17. The summed E-state index contributed by atoms with van der Waals surface area (Å²) < 4.78 is 24.0. The summed E-state index contributed by atoms with van der Waals surface area (Å²) in [6.07, 6.45) is -1.31. The van der Waals surface area contributed by atoms with Crippen LogP contribution in [0.5, 0.6) is 5.75 Å². The van der Waals surface area contributed by atoms with Crippen molar-refractivity contribution >= 4 is 6.21 Å². The molecule has 4 rings (SSSR count). The summed E-state index contributed by atoms with van der Waals surface area (Å²) in [7, 11) is 0. The van der Waals surface area contributed by atoms with Gasteiger partial charge >= 0.3 is 0 Å². The smallest absolute Gasteiger partial charge is 0.183 e. The molecule has 184 valence electrons. The van der Waals surface area contributed by atoms with E-state index in [4.69, 9.17) is 18.9 Å². The molecule has 0 radical (unpaired) electrons. The van der Waals surface area contributed by atoms with Gasteiger partial charge in [0.05, 0.1) is 13.2 Å². The first kappa shape index (κ1) is 24.8. The second-order valence-corrected chi connectivity index (χ2v) is 10.4. The Balaban J connectivity index is 1.60. The number of benzene rings is 2. The standard InChI is InChI=1S/C27H35NO6/c1-26(2,3)19-13-9-12-18(22(19)29)14-28-21-23(30)24-20(16-32-27(4,5)34-24)33-25(21)31-15-17-10-7-6-8-11-17/h6-14,20-21,23-25,29-30H,15-16H2,1-5H3/t20-,21-,23-,24-,25+/m1/s1. The van der Waals surface area contributed by atoms with Crippen LogP contribution in [0.15, 0.2) is 53.5 Å². The molecule has 34 heavy (non-hydrogen) atoms. The van der Waals surface area contributed by atoms with Crippen LogP contribution in [0.2, 0.25) is 0 Å². The number of aliphatic hydroxyl groups is 1. The second kappa shape index (κ2) is 9.76. The van der Waals surface area contributed by atoms with E-state index in [2.05, 4.69) is 4.99 Å². The van der Waals surface area contributed by atoms with Crippen LogP contribution in [-0.2, 0) is 31.0 Å². The summed E-state index contributed by atoms with van der Waals surface area (Å²) in [5, 5.41) is 22.1. The van der Waals surface area contributed by atoms with Crippen molar-refractivity contribution in [2.75, 3.05) is 6.61 Å². The Bertz CT molecular complexity index is 1000. The van der Waals surface area contributed by atoms with Crippen molar-refractivity contribution in [3.05, 3.63) is 65.2 Å². The SMILES string of the molecule is CC1(C)OC[C@H]2O[C@H](OCc3ccccc3)[C@H](N=Cc3cccc(C(C)(C)C)c3O)[C@@H](O)[C@@H]2O1. The molecule has 2 N–H and O–H groups in total. The lowest BCUT2D eigenvalue weighted by Crippen LogP contribution is -2.64. The van der Waals surface area contributed by atoms with Gasteiger partial charge in [-0.05, 0) is 36.5 Å². The number of nitrogens with zero attached hydrogens (tertiary/aromatic N) is 1. The van der Waals surface area contributed by atoms with Gasteiger partial charge in [0, 0.05) is 11.8 Å². The van der Waals surface area contributed by atoms with Gasteiger partial charge < -0.3 is 29.2 Å². The summed E-state index contributed by atoms with van der Waals surface area (Å²) in [4.78, 5) is 4.65. The van der Waals surface area contributed by atoms with Gasteiger partial charge in [0.25, 0.3) is 0 Å². The molecule has 5 atom stereocenters. The van der Waals surface area contributed by atoms with E-state index in [9.17, 15) is 10.2 Å². The molecular formula is C27H35NO6. The van der Waals surface area contributed by atoms with Crippen molar-refractivity contribution in [3.8, 4) is 5.75 Å². The zero-order valence-electron chi connectivity index (χ0n) is 20.5. The van der Waals surface area contributed by atoms with Gasteiger partial charge in [-0.3, -0.25) is 4.99 Å². The van der Waals surface area contributed by atoms with Gasteiger partial charge in [-0.15, -0.1) is 0 Å². The molecule has 0 aromatic heterocycles. The lowest BCUT2D eigenvalue weighted by molar-refractivity contribution is -0.368. The van der Waals surface area contributed by atoms with E-state index in [1.807, 2.05) is 77.1 Å². The van der Waals surface area contributed by atoms with Crippen molar-refractivity contribution < 1.29 is 29.2 Å². The molecule has 0 spiro atoms. The average molecular weight is 470 g/mol. The Kier molecular flexibility index (Phi) is 7.12. The predicted octanol–water partition coefficient (Wildman–Crippen LogP) is 3.93. The van der Waals surface area contributed by atoms with E-state index in [1.165, 1.54) is 0 Å². The molecule has 0 aliphatic carbocycles. The number of aliphatic hydroxyl groups excluding tert-OH is 1. The highest BCUT2D eigenvalue weighted by atomic mass is 16.8. The molecule has 2 heterocycles. The molecule has 2 aromatic carbocycles. The zero-order chi connectivity index (χ0) is 24.5. The molecule has 7 nitrogen and oxygen atoms in total. The summed E-state index contributed by atoms with van der Waals surface area (Å²) in [5.41, 5.74) is 2.15. The maximum absolute atomic E-state index is 11.3. The third-order valence-corrected chi connectivity index (χ3v) is 6.17. The first-order chi connectivity index (χ1) is 16.0. The first-order valence-electron chi connectivity index (χ1n) is 11.7. The maximum Gasteiger partial charge on any atom is 0.183 e. The molecule has 2 aromatic rings. The van der Waals surface area contributed by atoms with Crippen molar-refractivity contribution in [1.29, 1.82) is 0 Å². The molecule has 0 bridgehead atoms. The topological polar surface area (TPSA) is 89.7 Å². The maximum atomic E-state index is 11.3. The number of hydrogen-bond acceptors (Lipinski definition) is 7.